The van der Waals surface area contributed by atoms with Crippen LogP contribution < -0.4 is 5.73 Å². The molecule has 4 saturated carbocycles. The van der Waals surface area contributed by atoms with Gasteiger partial charge >= 0.3 is 0 Å². The maximum Gasteiger partial charge on any atom is 0.221 e. The molecule has 0 atom stereocenters. The molecule has 0 saturated heterocycles. The number of benzene rings is 1. The number of anilines is 1. The van der Waals surface area contributed by atoms with Gasteiger partial charge in [0.1, 0.15) is 5.01 Å². The highest BCUT2D eigenvalue weighted by molar-refractivity contribution is 7.13. The third-order valence-electron chi connectivity index (χ3n) is 7.41. The van der Waals surface area contributed by atoms with E-state index in [1.54, 1.807) is 16.0 Å². The fraction of sp³-hybridized carbons (Fsp3) is 0.458. The summed E-state index contributed by atoms with van der Waals surface area (Å²) in [5.74, 6) is 3.26. The predicted octanol–water partition coefficient (Wildman–Crippen LogP) is 5.25. The molecule has 0 unspecified atom stereocenters. The van der Waals surface area contributed by atoms with E-state index in [1.165, 1.54) is 49.8 Å². The van der Waals surface area contributed by atoms with Crippen molar-refractivity contribution < 1.29 is 0 Å². The Morgan fingerprint density at radius 3 is 2.33 bits per heavy atom. The Hall–Kier alpha value is -2.47. The van der Waals surface area contributed by atoms with E-state index in [1.807, 2.05) is 19.3 Å². The number of nitrogen functional groups attached to an aromatic ring is 1. The van der Waals surface area contributed by atoms with Crippen LogP contribution in [0.3, 0.4) is 0 Å². The highest BCUT2D eigenvalue weighted by Crippen LogP contribution is 2.60. The average Bonchev–Trinajstić information content (AvgIpc) is 3.33. The van der Waals surface area contributed by atoms with E-state index in [0.29, 0.717) is 11.4 Å². The monoisotopic (exact) mass is 417 g/mol. The second kappa shape index (κ2) is 6.77. The van der Waals surface area contributed by atoms with E-state index >= 15 is 0 Å². The second-order valence-electron chi connectivity index (χ2n) is 9.69. The quantitative estimate of drug-likeness (QED) is 0.590. The first kappa shape index (κ1) is 18.3. The molecule has 7 rings (SSSR count). The van der Waals surface area contributed by atoms with Gasteiger partial charge in [-0.3, -0.25) is 0 Å². The van der Waals surface area contributed by atoms with Gasteiger partial charge in [0.25, 0.3) is 0 Å². The van der Waals surface area contributed by atoms with E-state index < -0.39 is 0 Å². The van der Waals surface area contributed by atoms with Crippen LogP contribution >= 0.6 is 11.3 Å². The molecule has 4 bridgehead atoms. The van der Waals surface area contributed by atoms with Crippen molar-refractivity contribution >= 4 is 23.5 Å². The fourth-order valence-electron chi connectivity index (χ4n) is 6.51. The fourth-order valence-corrected chi connectivity index (χ4v) is 7.46. The van der Waals surface area contributed by atoms with E-state index in [0.717, 1.165) is 34.0 Å². The van der Waals surface area contributed by atoms with E-state index in [4.69, 9.17) is 10.7 Å². The predicted molar refractivity (Wildman–Crippen MR) is 122 cm³/mol. The molecule has 3 aromatic rings. The molecule has 4 fully saturated rings. The first-order chi connectivity index (χ1) is 14.6. The number of nitrogens with zero attached hydrogens (tertiary/aromatic N) is 4. The number of aromatic nitrogens is 3. The normalized spacial score (nSPS) is 29.8. The number of rotatable bonds is 4. The number of imidazole rings is 1. The first-order valence-corrected chi connectivity index (χ1v) is 11.9. The van der Waals surface area contributed by atoms with Crippen LogP contribution in [0.2, 0.25) is 0 Å². The van der Waals surface area contributed by atoms with Gasteiger partial charge in [0.2, 0.25) is 5.95 Å². The van der Waals surface area contributed by atoms with Gasteiger partial charge in [-0.15, -0.1) is 11.3 Å². The molecule has 4 aliphatic carbocycles. The van der Waals surface area contributed by atoms with Gasteiger partial charge < -0.3 is 5.73 Å². The van der Waals surface area contributed by atoms with Crippen LogP contribution in [0.1, 0.15) is 55.5 Å². The molecule has 2 N–H and O–H groups in total. The SMILES string of the molecule is Cc1cn(N=Cc2ccc(-c3nc(C45CC6CC(CC(C6)C4)C5)cs3)cc2)c(N)n1. The lowest BCUT2D eigenvalue weighted by molar-refractivity contribution is -0.00689. The van der Waals surface area contributed by atoms with Crippen molar-refractivity contribution in [1.29, 1.82) is 0 Å². The zero-order valence-electron chi connectivity index (χ0n) is 17.3. The Balaban J connectivity index is 1.22. The van der Waals surface area contributed by atoms with Crippen LogP contribution in [-0.2, 0) is 5.41 Å². The zero-order valence-corrected chi connectivity index (χ0v) is 18.1. The highest BCUT2D eigenvalue weighted by atomic mass is 32.1. The molecule has 30 heavy (non-hydrogen) atoms. The Morgan fingerprint density at radius 2 is 1.73 bits per heavy atom. The molecule has 154 valence electrons. The maximum atomic E-state index is 5.85. The summed E-state index contributed by atoms with van der Waals surface area (Å²) in [7, 11) is 0. The number of thiazole rings is 1. The van der Waals surface area contributed by atoms with Crippen molar-refractivity contribution in [3.63, 3.8) is 0 Å². The summed E-state index contributed by atoms with van der Waals surface area (Å²) >= 11 is 1.80. The molecule has 0 spiro atoms. The van der Waals surface area contributed by atoms with Crippen molar-refractivity contribution in [2.24, 2.45) is 22.9 Å². The van der Waals surface area contributed by atoms with E-state index in [9.17, 15) is 0 Å². The average molecular weight is 418 g/mol. The maximum absolute atomic E-state index is 5.85. The van der Waals surface area contributed by atoms with Crippen molar-refractivity contribution in [2.45, 2.75) is 50.9 Å². The molecule has 2 aromatic heterocycles. The van der Waals surface area contributed by atoms with E-state index in [2.05, 4.69) is 39.7 Å². The number of nitrogens with two attached hydrogens (primary N) is 1. The molecule has 0 amide bonds. The minimum atomic E-state index is 0.374. The van der Waals surface area contributed by atoms with Crippen molar-refractivity contribution in [3.05, 3.63) is 52.8 Å². The second-order valence-corrected chi connectivity index (χ2v) is 10.5. The third kappa shape index (κ3) is 3.09. The van der Waals surface area contributed by atoms with Gasteiger partial charge in [0.05, 0.1) is 23.8 Å². The molecule has 4 aliphatic rings. The van der Waals surface area contributed by atoms with Crippen LogP contribution in [0.5, 0.6) is 0 Å². The van der Waals surface area contributed by atoms with E-state index in [-0.39, 0.29) is 0 Å². The molecule has 0 aliphatic heterocycles. The largest absolute Gasteiger partial charge is 0.368 e. The lowest BCUT2D eigenvalue weighted by Crippen LogP contribution is -2.48. The Labute approximate surface area is 181 Å². The first-order valence-electron chi connectivity index (χ1n) is 11.0. The summed E-state index contributed by atoms with van der Waals surface area (Å²) in [5.41, 5.74) is 10.7. The Morgan fingerprint density at radius 1 is 1.07 bits per heavy atom. The summed E-state index contributed by atoms with van der Waals surface area (Å²) in [4.78, 5) is 9.33. The minimum Gasteiger partial charge on any atom is -0.368 e. The van der Waals surface area contributed by atoms with Gasteiger partial charge in [-0.2, -0.15) is 5.10 Å². The van der Waals surface area contributed by atoms with Gasteiger partial charge in [0.15, 0.2) is 0 Å². The molecule has 6 heteroatoms. The van der Waals surface area contributed by atoms with Gasteiger partial charge in [-0.25, -0.2) is 14.6 Å². The summed E-state index contributed by atoms with van der Waals surface area (Å²) in [5, 5.41) is 7.89. The van der Waals surface area contributed by atoms with Crippen molar-refractivity contribution in [1.82, 2.24) is 14.6 Å². The number of hydrogen-bond acceptors (Lipinski definition) is 5. The lowest BCUT2D eigenvalue weighted by Gasteiger charge is -2.56. The molecular formula is C24H27N5S. The van der Waals surface area contributed by atoms with Crippen LogP contribution in [0, 0.1) is 24.7 Å². The van der Waals surface area contributed by atoms with Crippen molar-refractivity contribution in [3.8, 4) is 10.6 Å². The molecular weight excluding hydrogens is 390 g/mol. The standard InChI is InChI=1S/C24H27N5S/c1-15-13-29(23(25)27-15)26-12-16-2-4-20(5-3-16)22-28-21(14-30-22)24-9-17-6-18(10-24)8-19(7-17)11-24/h2-5,12-14,17-19H,6-11H2,1H3,(H2,25,27). The third-order valence-corrected chi connectivity index (χ3v) is 8.30. The van der Waals surface area contributed by atoms with Gasteiger partial charge in [-0.05, 0) is 68.8 Å². The smallest absolute Gasteiger partial charge is 0.221 e. The van der Waals surface area contributed by atoms with Crippen LogP contribution in [0.4, 0.5) is 5.95 Å². The Kier molecular flexibility index (Phi) is 4.13. The number of aryl methyl sites for hydroxylation is 1. The summed E-state index contributed by atoms with van der Waals surface area (Å²) < 4.78 is 1.60. The minimum absolute atomic E-state index is 0.374. The molecule has 5 nitrogen and oxygen atoms in total. The zero-order chi connectivity index (χ0) is 20.3. The molecule has 2 heterocycles. The Bertz CT molecular complexity index is 1070. The molecule has 0 radical (unpaired) electrons. The van der Waals surface area contributed by atoms with Crippen molar-refractivity contribution in [2.75, 3.05) is 5.73 Å². The van der Waals surface area contributed by atoms with Crippen LogP contribution in [0.15, 0.2) is 40.9 Å². The van der Waals surface area contributed by atoms with Gasteiger partial charge in [0, 0.05) is 16.4 Å². The molecule has 1 aromatic carbocycles. The summed E-state index contributed by atoms with van der Waals surface area (Å²) in [6, 6.07) is 8.47. The topological polar surface area (TPSA) is 69.1 Å². The summed E-state index contributed by atoms with van der Waals surface area (Å²) in [6.45, 7) is 1.91. The highest BCUT2D eigenvalue weighted by Gasteiger charge is 2.52. The number of hydrogen-bond donors (Lipinski definition) is 1. The van der Waals surface area contributed by atoms with Crippen LogP contribution in [0.25, 0.3) is 10.6 Å². The lowest BCUT2D eigenvalue weighted by atomic mass is 9.49. The van der Waals surface area contributed by atoms with Crippen LogP contribution in [-0.4, -0.2) is 20.9 Å². The van der Waals surface area contributed by atoms with Gasteiger partial charge in [-0.1, -0.05) is 24.3 Å². The summed E-state index contributed by atoms with van der Waals surface area (Å²) in [6.07, 6.45) is 12.2.